The predicted molar refractivity (Wildman–Crippen MR) is 127 cm³/mol. The summed E-state index contributed by atoms with van der Waals surface area (Å²) in [5.74, 6) is -0.445. The zero-order valence-electron chi connectivity index (χ0n) is 20.1. The summed E-state index contributed by atoms with van der Waals surface area (Å²) in [5.41, 5.74) is 1.09. The first kappa shape index (κ1) is 26.2. The van der Waals surface area contributed by atoms with Crippen LogP contribution >= 0.6 is 0 Å². The Balaban J connectivity index is 1.96. The molecule has 2 aromatic rings. The number of aryl methyl sites for hydroxylation is 1. The summed E-state index contributed by atoms with van der Waals surface area (Å²) in [6.45, 7) is 11.0. The third-order valence-electron chi connectivity index (χ3n) is 6.32. The monoisotopic (exact) mass is 500 g/mol. The van der Waals surface area contributed by atoms with Crippen molar-refractivity contribution >= 4 is 32.3 Å². The van der Waals surface area contributed by atoms with E-state index in [0.717, 1.165) is 0 Å². The lowest BCUT2D eigenvalue weighted by molar-refractivity contribution is -0.0999. The van der Waals surface area contributed by atoms with Gasteiger partial charge >= 0.3 is 6.30 Å². The van der Waals surface area contributed by atoms with Crippen molar-refractivity contribution in [1.29, 1.82) is 0 Å². The van der Waals surface area contributed by atoms with Crippen LogP contribution in [0.1, 0.15) is 56.2 Å². The highest BCUT2D eigenvalue weighted by Gasteiger charge is 2.44. The third-order valence-corrected chi connectivity index (χ3v) is 8.95. The number of fused-ring (bicyclic) bond motifs is 1. The average Bonchev–Trinajstić information content (AvgIpc) is 2.66. The van der Waals surface area contributed by atoms with Crippen molar-refractivity contribution in [3.05, 3.63) is 35.0 Å². The number of aromatic nitrogens is 1. The number of anilines is 1. The number of pyridine rings is 1. The van der Waals surface area contributed by atoms with E-state index in [4.69, 9.17) is 0 Å². The lowest BCUT2D eigenvalue weighted by Crippen LogP contribution is -2.62. The number of alkyl halides is 3. The molecule has 34 heavy (non-hydrogen) atoms. The molecule has 188 valence electrons. The molecule has 3 N–H and O–H groups in total. The largest absolute Gasteiger partial charge is 0.482 e. The van der Waals surface area contributed by atoms with E-state index in [9.17, 15) is 26.4 Å². The van der Waals surface area contributed by atoms with Crippen LogP contribution in [-0.2, 0) is 15.3 Å². The molecule has 2 heterocycles. The van der Waals surface area contributed by atoms with Crippen molar-refractivity contribution in [2.24, 2.45) is 0 Å². The van der Waals surface area contributed by atoms with Gasteiger partial charge in [-0.25, -0.2) is 13.4 Å². The molecule has 3 rings (SSSR count). The summed E-state index contributed by atoms with van der Waals surface area (Å²) < 4.78 is 62.7. The summed E-state index contributed by atoms with van der Waals surface area (Å²) in [6, 6.07) is 3.83. The van der Waals surface area contributed by atoms with E-state index in [0.29, 0.717) is 28.6 Å². The maximum atomic E-state index is 13.0. The van der Waals surface area contributed by atoms with E-state index >= 15 is 0 Å². The Bertz CT molecular complexity index is 1220. The molecule has 1 aromatic carbocycles. The van der Waals surface area contributed by atoms with Crippen LogP contribution in [0.4, 0.5) is 18.9 Å². The fourth-order valence-corrected chi connectivity index (χ4v) is 5.62. The van der Waals surface area contributed by atoms with Gasteiger partial charge < -0.3 is 10.6 Å². The topological polar surface area (TPSA) is 100 Å². The zero-order valence-corrected chi connectivity index (χ0v) is 21.0. The normalized spacial score (nSPS) is 20.2. The van der Waals surface area contributed by atoms with Gasteiger partial charge in [0.05, 0.1) is 16.0 Å². The van der Waals surface area contributed by atoms with Crippen LogP contribution in [0.5, 0.6) is 0 Å². The molecule has 1 aliphatic heterocycles. The van der Waals surface area contributed by atoms with Gasteiger partial charge in [-0.3, -0.25) is 10.1 Å². The molecule has 11 heteroatoms. The number of carbonyl (C=O) groups is 1. The summed E-state index contributed by atoms with van der Waals surface area (Å²) in [4.78, 5) is 17.5. The van der Waals surface area contributed by atoms with E-state index in [1.54, 1.807) is 26.1 Å². The summed E-state index contributed by atoms with van der Waals surface area (Å²) in [7, 11) is -3.31. The molecule has 1 amide bonds. The second kappa shape index (κ2) is 8.67. The molecule has 0 saturated carbocycles. The molecule has 1 atom stereocenters. The first-order valence-electron chi connectivity index (χ1n) is 11.0. The number of hydrogen-bond acceptors (Lipinski definition) is 6. The van der Waals surface area contributed by atoms with Crippen LogP contribution in [0.15, 0.2) is 18.2 Å². The van der Waals surface area contributed by atoms with Crippen LogP contribution in [0.3, 0.4) is 0 Å². The van der Waals surface area contributed by atoms with Gasteiger partial charge in [0.2, 0.25) is 0 Å². The molecule has 1 aromatic heterocycles. The molecule has 0 radical (unpaired) electrons. The number of hydrogen-bond donors (Lipinski definition) is 3. The lowest BCUT2D eigenvalue weighted by atomic mass is 9.84. The number of halogens is 3. The standard InChI is InChI=1S/C23H31F3N4O3S/c1-13-9-17(20(31)28-12-18-22(5,6)34(32,33)8-7-27-18)29-19-15(13)10-14(30-23(24,25)26)11-16(19)21(2,3)4/h9-11,18,27,30H,7-8,12H2,1-6H3,(H,28,31)/t18-/m1/s1. The highest BCUT2D eigenvalue weighted by atomic mass is 32.2. The second-order valence-corrected chi connectivity index (χ2v) is 12.9. The van der Waals surface area contributed by atoms with Gasteiger partial charge in [0.25, 0.3) is 5.91 Å². The number of rotatable bonds is 4. The third kappa shape index (κ3) is 5.30. The van der Waals surface area contributed by atoms with Crippen molar-refractivity contribution in [1.82, 2.24) is 15.6 Å². The Labute approximate surface area is 197 Å². The Kier molecular flexibility index (Phi) is 6.69. The Morgan fingerprint density at radius 2 is 1.85 bits per heavy atom. The van der Waals surface area contributed by atoms with Crippen molar-refractivity contribution in [2.45, 2.75) is 64.0 Å². The first-order chi connectivity index (χ1) is 15.4. The van der Waals surface area contributed by atoms with Gasteiger partial charge in [-0.2, -0.15) is 13.2 Å². The van der Waals surface area contributed by atoms with Crippen LogP contribution in [0, 0.1) is 6.92 Å². The number of sulfone groups is 1. The van der Waals surface area contributed by atoms with Crippen molar-refractivity contribution in [3.8, 4) is 0 Å². The van der Waals surface area contributed by atoms with Gasteiger partial charge in [-0.15, -0.1) is 0 Å². The van der Waals surface area contributed by atoms with Crippen molar-refractivity contribution in [2.75, 3.05) is 24.2 Å². The maximum Gasteiger partial charge on any atom is 0.482 e. The van der Waals surface area contributed by atoms with Crippen LogP contribution in [0.25, 0.3) is 10.9 Å². The molecular formula is C23H31F3N4O3S. The smallest absolute Gasteiger partial charge is 0.349 e. The Morgan fingerprint density at radius 1 is 1.21 bits per heavy atom. The Morgan fingerprint density at radius 3 is 2.44 bits per heavy atom. The highest BCUT2D eigenvalue weighted by molar-refractivity contribution is 7.92. The minimum Gasteiger partial charge on any atom is -0.349 e. The molecule has 0 unspecified atom stereocenters. The zero-order chi connectivity index (χ0) is 25.7. The fourth-order valence-electron chi connectivity index (χ4n) is 4.11. The van der Waals surface area contributed by atoms with Gasteiger partial charge in [-0.05, 0) is 55.5 Å². The number of amides is 1. The molecule has 1 fully saturated rings. The molecule has 0 aliphatic carbocycles. The summed E-state index contributed by atoms with van der Waals surface area (Å²) in [5, 5.41) is 7.99. The average molecular weight is 501 g/mol. The van der Waals surface area contributed by atoms with Crippen molar-refractivity contribution < 1.29 is 26.4 Å². The molecular weight excluding hydrogens is 469 g/mol. The minimum atomic E-state index is -4.58. The van der Waals surface area contributed by atoms with Crippen LogP contribution < -0.4 is 16.0 Å². The fraction of sp³-hybridized carbons (Fsp3) is 0.565. The van der Waals surface area contributed by atoms with E-state index in [2.05, 4.69) is 15.6 Å². The number of nitrogens with zero attached hydrogens (tertiary/aromatic N) is 1. The molecule has 1 saturated heterocycles. The number of carbonyl (C=O) groups excluding carboxylic acids is 1. The molecule has 0 spiro atoms. The molecule has 0 bridgehead atoms. The van der Waals surface area contributed by atoms with Gasteiger partial charge in [0.1, 0.15) is 5.69 Å². The van der Waals surface area contributed by atoms with Crippen LogP contribution in [0.2, 0.25) is 0 Å². The summed E-state index contributed by atoms with van der Waals surface area (Å²) >= 11 is 0. The number of benzene rings is 1. The SMILES string of the molecule is Cc1cc(C(=O)NC[C@H]2NCCS(=O)(=O)C2(C)C)nc2c(C(C)(C)C)cc(NC(F)(F)F)cc12. The summed E-state index contributed by atoms with van der Waals surface area (Å²) in [6.07, 6.45) is -4.58. The van der Waals surface area contributed by atoms with E-state index in [1.165, 1.54) is 18.2 Å². The maximum absolute atomic E-state index is 13.0. The quantitative estimate of drug-likeness (QED) is 0.554. The number of nitrogens with one attached hydrogen (secondary N) is 3. The van der Waals surface area contributed by atoms with E-state index in [1.807, 2.05) is 20.8 Å². The van der Waals surface area contributed by atoms with Gasteiger partial charge in [-0.1, -0.05) is 20.8 Å². The van der Waals surface area contributed by atoms with E-state index in [-0.39, 0.29) is 23.7 Å². The van der Waals surface area contributed by atoms with E-state index < -0.39 is 38.2 Å². The first-order valence-corrected chi connectivity index (χ1v) is 12.6. The molecule has 7 nitrogen and oxygen atoms in total. The lowest BCUT2D eigenvalue weighted by Gasteiger charge is -2.38. The van der Waals surface area contributed by atoms with Gasteiger partial charge in [0, 0.05) is 30.2 Å². The van der Waals surface area contributed by atoms with Gasteiger partial charge in [0.15, 0.2) is 9.84 Å². The van der Waals surface area contributed by atoms with Crippen molar-refractivity contribution in [3.63, 3.8) is 0 Å². The predicted octanol–water partition coefficient (Wildman–Crippen LogP) is 3.67. The Hall–Kier alpha value is -2.40. The highest BCUT2D eigenvalue weighted by Crippen LogP contribution is 2.35. The van der Waals surface area contributed by atoms with Crippen LogP contribution in [-0.4, -0.2) is 55.2 Å². The minimum absolute atomic E-state index is 0.0383. The molecule has 1 aliphatic rings. The second-order valence-electron chi connectivity index (χ2n) is 10.3.